The number of halogens is 1. The van der Waals surface area contributed by atoms with Crippen LogP contribution in [0.25, 0.3) is 0 Å². The summed E-state index contributed by atoms with van der Waals surface area (Å²) in [7, 11) is 0. The van der Waals surface area contributed by atoms with Crippen LogP contribution in [0.3, 0.4) is 0 Å². The molecule has 1 aromatic carbocycles. The van der Waals surface area contributed by atoms with Gasteiger partial charge in [-0.05, 0) is 38.3 Å². The molecule has 1 heterocycles. The second-order valence-electron chi connectivity index (χ2n) is 6.25. The molecule has 2 N–H and O–H groups in total. The van der Waals surface area contributed by atoms with Gasteiger partial charge in [0.05, 0.1) is 19.8 Å². The van der Waals surface area contributed by atoms with Crippen LogP contribution in [0.1, 0.15) is 32.3 Å². The highest BCUT2D eigenvalue weighted by Crippen LogP contribution is 2.22. The van der Waals surface area contributed by atoms with Crippen LogP contribution in [0, 0.1) is 0 Å². The highest BCUT2D eigenvalue weighted by molar-refractivity contribution is 14.0. The Kier molecular flexibility index (Phi) is 13.3. The van der Waals surface area contributed by atoms with Gasteiger partial charge >= 0.3 is 0 Å². The van der Waals surface area contributed by atoms with Crippen molar-refractivity contribution in [2.45, 2.75) is 33.2 Å². The molecule has 0 aromatic heterocycles. The standard InChI is InChI=1S/C20H34N4O2.HI/c1-3-21-20(22-11-7-8-14-25-4-2)23-17-18-9-5-6-10-19(18)24-12-15-26-16-13-24;/h5-6,9-10H,3-4,7-8,11-17H2,1-2H3,(H2,21,22,23);1H. The molecule has 0 spiro atoms. The van der Waals surface area contributed by atoms with E-state index in [9.17, 15) is 0 Å². The fourth-order valence-electron chi connectivity index (χ4n) is 2.94. The predicted octanol–water partition coefficient (Wildman–Crippen LogP) is 3.01. The number of benzene rings is 1. The number of nitrogens with zero attached hydrogens (tertiary/aromatic N) is 2. The zero-order valence-corrected chi connectivity index (χ0v) is 19.0. The van der Waals surface area contributed by atoms with Crippen LogP contribution in [0.15, 0.2) is 29.3 Å². The molecular weight excluding hydrogens is 455 g/mol. The molecule has 0 unspecified atom stereocenters. The zero-order valence-electron chi connectivity index (χ0n) is 16.7. The van der Waals surface area contributed by atoms with E-state index < -0.39 is 0 Å². The number of hydrogen-bond donors (Lipinski definition) is 2. The summed E-state index contributed by atoms with van der Waals surface area (Å²) in [5, 5.41) is 6.74. The molecule has 1 aliphatic rings. The molecule has 1 aromatic rings. The highest BCUT2D eigenvalue weighted by Gasteiger charge is 2.14. The largest absolute Gasteiger partial charge is 0.382 e. The van der Waals surface area contributed by atoms with Crippen LogP contribution in [0.4, 0.5) is 5.69 Å². The molecule has 1 fully saturated rings. The topological polar surface area (TPSA) is 58.1 Å². The highest BCUT2D eigenvalue weighted by atomic mass is 127. The summed E-state index contributed by atoms with van der Waals surface area (Å²) in [5.41, 5.74) is 2.52. The fourth-order valence-corrected chi connectivity index (χ4v) is 2.94. The third-order valence-corrected chi connectivity index (χ3v) is 4.31. The predicted molar refractivity (Wildman–Crippen MR) is 123 cm³/mol. The van der Waals surface area contributed by atoms with Gasteiger partial charge in [-0.2, -0.15) is 0 Å². The fraction of sp³-hybridized carbons (Fsp3) is 0.650. The summed E-state index contributed by atoms with van der Waals surface area (Å²) in [5.74, 6) is 0.876. The average Bonchev–Trinajstić information content (AvgIpc) is 2.69. The van der Waals surface area contributed by atoms with Gasteiger partial charge in [-0.25, -0.2) is 4.99 Å². The summed E-state index contributed by atoms with van der Waals surface area (Å²) in [6.45, 7) is 11.7. The number of para-hydroxylation sites is 1. The number of anilines is 1. The van der Waals surface area contributed by atoms with Crippen LogP contribution in [0.5, 0.6) is 0 Å². The lowest BCUT2D eigenvalue weighted by Gasteiger charge is -2.30. The molecule has 154 valence electrons. The Labute approximate surface area is 181 Å². The maximum absolute atomic E-state index is 5.47. The van der Waals surface area contributed by atoms with E-state index in [2.05, 4.69) is 46.7 Å². The van der Waals surface area contributed by atoms with Gasteiger partial charge < -0.3 is 25.0 Å². The lowest BCUT2D eigenvalue weighted by molar-refractivity contribution is 0.122. The number of morpholine rings is 1. The van der Waals surface area contributed by atoms with Crippen molar-refractivity contribution in [1.29, 1.82) is 0 Å². The maximum Gasteiger partial charge on any atom is 0.191 e. The monoisotopic (exact) mass is 490 g/mol. The second-order valence-corrected chi connectivity index (χ2v) is 6.25. The van der Waals surface area contributed by atoms with Gasteiger partial charge in [-0.1, -0.05) is 18.2 Å². The van der Waals surface area contributed by atoms with Gasteiger partial charge in [0, 0.05) is 45.1 Å². The Morgan fingerprint density at radius 1 is 1.15 bits per heavy atom. The smallest absolute Gasteiger partial charge is 0.191 e. The maximum atomic E-state index is 5.47. The molecule has 0 radical (unpaired) electrons. The number of hydrogen-bond acceptors (Lipinski definition) is 4. The Morgan fingerprint density at radius 3 is 2.67 bits per heavy atom. The lowest BCUT2D eigenvalue weighted by atomic mass is 10.1. The van der Waals surface area contributed by atoms with Crippen LogP contribution >= 0.6 is 24.0 Å². The molecule has 1 saturated heterocycles. The molecule has 7 heteroatoms. The first-order valence-corrected chi connectivity index (χ1v) is 9.85. The number of nitrogens with one attached hydrogen (secondary N) is 2. The molecule has 0 bridgehead atoms. The first kappa shape index (κ1) is 24.0. The number of aliphatic imine (C=N–C) groups is 1. The Hall–Kier alpha value is -1.06. The molecule has 27 heavy (non-hydrogen) atoms. The van der Waals surface area contributed by atoms with Crippen molar-refractivity contribution >= 4 is 35.6 Å². The van der Waals surface area contributed by atoms with Crippen molar-refractivity contribution in [2.24, 2.45) is 4.99 Å². The van der Waals surface area contributed by atoms with E-state index in [1.807, 2.05) is 6.92 Å². The Balaban J connectivity index is 0.00000364. The van der Waals surface area contributed by atoms with Crippen molar-refractivity contribution in [1.82, 2.24) is 10.6 Å². The summed E-state index contributed by atoms with van der Waals surface area (Å²) in [6, 6.07) is 8.53. The van der Waals surface area contributed by atoms with E-state index in [0.29, 0.717) is 6.54 Å². The third kappa shape index (κ3) is 9.12. The first-order chi connectivity index (χ1) is 12.8. The van der Waals surface area contributed by atoms with E-state index in [-0.39, 0.29) is 24.0 Å². The molecule has 2 rings (SSSR count). The second kappa shape index (κ2) is 14.9. The van der Waals surface area contributed by atoms with Crippen LogP contribution in [-0.2, 0) is 16.0 Å². The minimum atomic E-state index is 0. The minimum absolute atomic E-state index is 0. The van der Waals surface area contributed by atoms with Crippen LogP contribution in [0.2, 0.25) is 0 Å². The third-order valence-electron chi connectivity index (χ3n) is 4.31. The first-order valence-electron chi connectivity index (χ1n) is 9.85. The van der Waals surface area contributed by atoms with E-state index in [0.717, 1.165) is 71.4 Å². The summed E-state index contributed by atoms with van der Waals surface area (Å²) in [4.78, 5) is 7.17. The molecular formula is C20H35IN4O2. The molecule has 6 nitrogen and oxygen atoms in total. The van der Waals surface area contributed by atoms with Gasteiger partial charge in [-0.15, -0.1) is 24.0 Å². The van der Waals surface area contributed by atoms with E-state index in [1.165, 1.54) is 11.3 Å². The lowest BCUT2D eigenvalue weighted by Crippen LogP contribution is -2.38. The van der Waals surface area contributed by atoms with E-state index in [4.69, 9.17) is 14.5 Å². The van der Waals surface area contributed by atoms with Crippen molar-refractivity contribution in [3.8, 4) is 0 Å². The minimum Gasteiger partial charge on any atom is -0.382 e. The van der Waals surface area contributed by atoms with Gasteiger partial charge in [0.15, 0.2) is 5.96 Å². The average molecular weight is 490 g/mol. The van der Waals surface area contributed by atoms with Crippen molar-refractivity contribution in [3.63, 3.8) is 0 Å². The van der Waals surface area contributed by atoms with Gasteiger partial charge in [0.2, 0.25) is 0 Å². The van der Waals surface area contributed by atoms with Gasteiger partial charge in [-0.3, -0.25) is 0 Å². The van der Waals surface area contributed by atoms with Crippen molar-refractivity contribution < 1.29 is 9.47 Å². The SMILES string of the molecule is CCNC(=NCc1ccccc1N1CCOCC1)NCCCCOCC.I. The normalized spacial score (nSPS) is 14.6. The molecule has 1 aliphatic heterocycles. The molecule has 0 aliphatic carbocycles. The Bertz CT molecular complexity index is 536. The van der Waals surface area contributed by atoms with Crippen molar-refractivity contribution in [2.75, 3.05) is 57.5 Å². The van der Waals surface area contributed by atoms with Crippen molar-refractivity contribution in [3.05, 3.63) is 29.8 Å². The van der Waals surface area contributed by atoms with E-state index >= 15 is 0 Å². The van der Waals surface area contributed by atoms with Gasteiger partial charge in [0.1, 0.15) is 0 Å². The molecule has 0 atom stereocenters. The number of guanidine groups is 1. The molecule has 0 saturated carbocycles. The van der Waals surface area contributed by atoms with Crippen LogP contribution < -0.4 is 15.5 Å². The Morgan fingerprint density at radius 2 is 1.93 bits per heavy atom. The van der Waals surface area contributed by atoms with E-state index in [1.54, 1.807) is 0 Å². The summed E-state index contributed by atoms with van der Waals surface area (Å²) in [6.07, 6.45) is 2.15. The quantitative estimate of drug-likeness (QED) is 0.229. The summed E-state index contributed by atoms with van der Waals surface area (Å²) < 4.78 is 10.8. The summed E-state index contributed by atoms with van der Waals surface area (Å²) >= 11 is 0. The number of unbranched alkanes of at least 4 members (excludes halogenated alkanes) is 1. The van der Waals surface area contributed by atoms with Crippen LogP contribution in [-0.4, -0.2) is 58.6 Å². The van der Waals surface area contributed by atoms with Gasteiger partial charge in [0.25, 0.3) is 0 Å². The molecule has 0 amide bonds. The number of ether oxygens (including phenoxy) is 2. The zero-order chi connectivity index (χ0) is 18.5. The number of rotatable bonds is 10.